The molecule has 1 heterocycles. The number of esters is 1. The van der Waals surface area contributed by atoms with Crippen LogP contribution >= 0.6 is 11.3 Å². The summed E-state index contributed by atoms with van der Waals surface area (Å²) in [6.07, 6.45) is 6.24. The Kier molecular flexibility index (Phi) is 5.11. The average molecular weight is 415 g/mol. The first-order valence-electron chi connectivity index (χ1n) is 9.90. The fourth-order valence-corrected chi connectivity index (χ4v) is 5.58. The highest BCUT2D eigenvalue weighted by Gasteiger charge is 2.56. The van der Waals surface area contributed by atoms with Crippen LogP contribution in [0.5, 0.6) is 5.19 Å². The number of fused-ring (bicyclic) bond motifs is 3. The zero-order chi connectivity index (χ0) is 20.6. The summed E-state index contributed by atoms with van der Waals surface area (Å²) in [5.74, 6) is 0.0361. The van der Waals surface area contributed by atoms with E-state index in [1.165, 1.54) is 18.4 Å². The number of carbonyl (C=O) groups is 2. The maximum absolute atomic E-state index is 13.5. The molecule has 3 aliphatic carbocycles. The average Bonchev–Trinajstić information content (AvgIpc) is 3.28. The molecule has 0 aliphatic heterocycles. The third-order valence-corrected chi connectivity index (χ3v) is 7.81. The lowest BCUT2D eigenvalue weighted by atomic mass is 9.53. The third kappa shape index (κ3) is 3.31. The van der Waals surface area contributed by atoms with Gasteiger partial charge in [-0.2, -0.15) is 0 Å². The van der Waals surface area contributed by atoms with Crippen LogP contribution in [0.15, 0.2) is 30.5 Å². The van der Waals surface area contributed by atoms with E-state index in [4.69, 9.17) is 9.47 Å². The summed E-state index contributed by atoms with van der Waals surface area (Å²) in [5, 5.41) is 0.618. The minimum atomic E-state index is -0.375. The van der Waals surface area contributed by atoms with Crippen LogP contribution in [0.2, 0.25) is 0 Å². The largest absolute Gasteiger partial charge is 0.473 e. The van der Waals surface area contributed by atoms with Crippen LogP contribution < -0.4 is 9.64 Å². The van der Waals surface area contributed by atoms with Crippen LogP contribution in [0.3, 0.4) is 0 Å². The zero-order valence-corrected chi connectivity index (χ0v) is 17.9. The Morgan fingerprint density at radius 2 is 1.72 bits per heavy atom. The van der Waals surface area contributed by atoms with Gasteiger partial charge in [0.25, 0.3) is 5.19 Å². The van der Waals surface area contributed by atoms with Crippen molar-refractivity contribution in [3.05, 3.63) is 30.5 Å². The van der Waals surface area contributed by atoms with Gasteiger partial charge in [-0.1, -0.05) is 23.5 Å². The van der Waals surface area contributed by atoms with Crippen molar-refractivity contribution in [2.45, 2.75) is 38.5 Å². The van der Waals surface area contributed by atoms with Crippen molar-refractivity contribution >= 4 is 28.9 Å². The Morgan fingerprint density at radius 3 is 2.31 bits per heavy atom. The van der Waals surface area contributed by atoms with Gasteiger partial charge in [0.05, 0.1) is 24.5 Å². The molecule has 1 aromatic carbocycles. The van der Waals surface area contributed by atoms with Crippen LogP contribution in [0.25, 0.3) is 10.4 Å². The monoisotopic (exact) mass is 414 g/mol. The highest BCUT2D eigenvalue weighted by atomic mass is 32.1. The molecule has 1 amide bonds. The molecule has 0 N–H and O–H groups in total. The van der Waals surface area contributed by atoms with Gasteiger partial charge in [-0.05, 0) is 56.2 Å². The molecule has 1 aromatic heterocycles. The molecule has 29 heavy (non-hydrogen) atoms. The molecule has 0 radical (unpaired) electrons. The summed E-state index contributed by atoms with van der Waals surface area (Å²) in [4.78, 5) is 32.7. The number of aromatic nitrogens is 1. The molecule has 154 valence electrons. The van der Waals surface area contributed by atoms with E-state index in [1.807, 2.05) is 31.3 Å². The van der Waals surface area contributed by atoms with Crippen molar-refractivity contribution in [1.82, 2.24) is 4.98 Å². The van der Waals surface area contributed by atoms with Gasteiger partial charge in [-0.25, -0.2) is 4.98 Å². The number of nitrogens with zero attached hydrogens (tertiary/aromatic N) is 2. The highest BCUT2D eigenvalue weighted by Crippen LogP contribution is 2.58. The number of thiazole rings is 1. The lowest BCUT2D eigenvalue weighted by Gasteiger charge is -2.51. The van der Waals surface area contributed by atoms with Crippen molar-refractivity contribution in [2.75, 3.05) is 26.2 Å². The molecule has 3 aliphatic rings. The second kappa shape index (κ2) is 7.44. The minimum Gasteiger partial charge on any atom is -0.473 e. The number of benzene rings is 1. The minimum absolute atomic E-state index is 0.112. The molecule has 0 atom stereocenters. The van der Waals surface area contributed by atoms with Gasteiger partial charge < -0.3 is 14.4 Å². The first kappa shape index (κ1) is 19.9. The number of anilines is 1. The zero-order valence-electron chi connectivity index (χ0n) is 17.1. The van der Waals surface area contributed by atoms with E-state index in [2.05, 4.69) is 4.98 Å². The van der Waals surface area contributed by atoms with Crippen LogP contribution in [0.4, 0.5) is 5.69 Å². The highest BCUT2D eigenvalue weighted by molar-refractivity contribution is 7.16. The molecule has 3 saturated carbocycles. The van der Waals surface area contributed by atoms with Crippen LogP contribution in [0.1, 0.15) is 38.5 Å². The SMILES string of the molecule is COC(=O)C12CCC(C(=O)N(C)c3cccc(-c4cnc(OC)s4)c3)(CC1)CC2. The Balaban J connectivity index is 1.53. The molecule has 7 heteroatoms. The summed E-state index contributed by atoms with van der Waals surface area (Å²) < 4.78 is 10.2. The number of methoxy groups -OCH3 is 2. The number of hydrogen-bond acceptors (Lipinski definition) is 6. The molecule has 0 spiro atoms. The van der Waals surface area contributed by atoms with E-state index in [0.29, 0.717) is 5.19 Å². The maximum atomic E-state index is 13.5. The normalized spacial score (nSPS) is 25.5. The molecule has 0 saturated heterocycles. The first-order chi connectivity index (χ1) is 13.9. The Bertz CT molecular complexity index is 914. The standard InChI is InChI=1S/C22H26N2O4S/c1-24(16-6-4-5-15(13-16)17-14-23-20(28-3)29-17)18(25)21-7-10-22(11-8-21,12-9-21)19(26)27-2/h4-6,13-14H,7-12H2,1-3H3. The Hall–Kier alpha value is -2.41. The van der Waals surface area contributed by atoms with E-state index in [9.17, 15) is 9.59 Å². The number of ether oxygens (including phenoxy) is 2. The molecule has 3 fully saturated rings. The summed E-state index contributed by atoms with van der Waals surface area (Å²) in [6, 6.07) is 7.95. The van der Waals surface area contributed by atoms with E-state index >= 15 is 0 Å². The molecular formula is C22H26N2O4S. The Labute approximate surface area is 174 Å². The summed E-state index contributed by atoms with van der Waals surface area (Å²) in [7, 11) is 4.91. The molecule has 2 bridgehead atoms. The van der Waals surface area contributed by atoms with E-state index in [-0.39, 0.29) is 22.7 Å². The van der Waals surface area contributed by atoms with Gasteiger partial charge in [0, 0.05) is 24.3 Å². The molecule has 0 unspecified atom stereocenters. The van der Waals surface area contributed by atoms with Crippen molar-refractivity contribution in [3.8, 4) is 15.6 Å². The predicted octanol–water partition coefficient (Wildman–Crippen LogP) is 4.30. The topological polar surface area (TPSA) is 68.7 Å². The number of amides is 1. The molecule has 5 rings (SSSR count). The van der Waals surface area contributed by atoms with E-state index < -0.39 is 0 Å². The van der Waals surface area contributed by atoms with Gasteiger partial charge in [0.15, 0.2) is 0 Å². The second-order valence-electron chi connectivity index (χ2n) is 8.16. The fourth-order valence-electron chi connectivity index (χ4n) is 4.86. The maximum Gasteiger partial charge on any atom is 0.311 e. The van der Waals surface area contributed by atoms with Crippen LogP contribution in [0, 0.1) is 10.8 Å². The van der Waals surface area contributed by atoms with Crippen molar-refractivity contribution in [2.24, 2.45) is 10.8 Å². The Morgan fingerprint density at radius 1 is 1.07 bits per heavy atom. The van der Waals surface area contributed by atoms with Crippen molar-refractivity contribution in [1.29, 1.82) is 0 Å². The van der Waals surface area contributed by atoms with Gasteiger partial charge in [-0.3, -0.25) is 9.59 Å². The second-order valence-corrected chi connectivity index (χ2v) is 9.15. The van der Waals surface area contributed by atoms with Gasteiger partial charge in [0.2, 0.25) is 5.91 Å². The molecular weight excluding hydrogens is 388 g/mol. The number of carbonyl (C=O) groups excluding carboxylic acids is 2. The van der Waals surface area contributed by atoms with Gasteiger partial charge in [0.1, 0.15) is 0 Å². The predicted molar refractivity (Wildman–Crippen MR) is 112 cm³/mol. The summed E-state index contributed by atoms with van der Waals surface area (Å²) in [6.45, 7) is 0. The van der Waals surface area contributed by atoms with E-state index in [1.54, 1.807) is 18.2 Å². The summed E-state index contributed by atoms with van der Waals surface area (Å²) >= 11 is 1.48. The van der Waals surface area contributed by atoms with Crippen LogP contribution in [-0.4, -0.2) is 38.1 Å². The van der Waals surface area contributed by atoms with Gasteiger partial charge >= 0.3 is 5.97 Å². The van der Waals surface area contributed by atoms with Crippen molar-refractivity contribution in [3.63, 3.8) is 0 Å². The molecule has 6 nitrogen and oxygen atoms in total. The smallest absolute Gasteiger partial charge is 0.311 e. The lowest BCUT2D eigenvalue weighted by molar-refractivity contribution is -0.165. The third-order valence-electron chi connectivity index (χ3n) is 6.80. The van der Waals surface area contributed by atoms with Gasteiger partial charge in [-0.15, -0.1) is 0 Å². The number of hydrogen-bond donors (Lipinski definition) is 0. The van der Waals surface area contributed by atoms with Crippen LogP contribution in [-0.2, 0) is 14.3 Å². The first-order valence-corrected chi connectivity index (χ1v) is 10.7. The fraction of sp³-hybridized carbons (Fsp3) is 0.500. The van der Waals surface area contributed by atoms with E-state index in [0.717, 1.165) is 54.7 Å². The lowest BCUT2D eigenvalue weighted by Crippen LogP contribution is -2.53. The summed E-state index contributed by atoms with van der Waals surface area (Å²) in [5.41, 5.74) is 1.14. The van der Waals surface area contributed by atoms with Crippen molar-refractivity contribution < 1.29 is 19.1 Å². The number of rotatable bonds is 5. The molecule has 2 aromatic rings. The quantitative estimate of drug-likeness (QED) is 0.683.